The zero-order valence-corrected chi connectivity index (χ0v) is 13.7. The molecule has 2 unspecified atom stereocenters. The molecule has 1 aromatic rings. The van der Waals surface area contributed by atoms with E-state index in [0.29, 0.717) is 12.5 Å². The zero-order valence-electron chi connectivity index (χ0n) is 12.1. The summed E-state index contributed by atoms with van der Waals surface area (Å²) in [7, 11) is 0. The third-order valence-corrected chi connectivity index (χ3v) is 4.26. The van der Waals surface area contributed by atoms with E-state index < -0.39 is 0 Å². The molecule has 0 radical (unpaired) electrons. The number of amides is 1. The van der Waals surface area contributed by atoms with Crippen molar-refractivity contribution in [3.05, 3.63) is 29.8 Å². The van der Waals surface area contributed by atoms with E-state index in [9.17, 15) is 4.79 Å². The van der Waals surface area contributed by atoms with Crippen LogP contribution in [0.5, 0.6) is 5.75 Å². The molecule has 1 aliphatic rings. The van der Waals surface area contributed by atoms with Crippen molar-refractivity contribution in [3.63, 3.8) is 0 Å². The first-order valence-electron chi connectivity index (χ1n) is 7.19. The van der Waals surface area contributed by atoms with E-state index in [4.69, 9.17) is 4.74 Å². The first-order valence-corrected chi connectivity index (χ1v) is 8.31. The van der Waals surface area contributed by atoms with Crippen LogP contribution in [0.15, 0.2) is 24.3 Å². The second-order valence-corrected chi connectivity index (χ2v) is 6.45. The lowest BCUT2D eigenvalue weighted by molar-refractivity contribution is -0.127. The van der Waals surface area contributed by atoms with Crippen LogP contribution in [-0.4, -0.2) is 23.9 Å². The van der Waals surface area contributed by atoms with E-state index in [2.05, 4.69) is 35.1 Å². The highest BCUT2D eigenvalue weighted by Gasteiger charge is 2.27. The fourth-order valence-electron chi connectivity index (χ4n) is 2.49. The fraction of sp³-hybridized carbons (Fsp3) is 0.562. The number of nitrogens with one attached hydrogen (secondary N) is 1. The van der Waals surface area contributed by atoms with Gasteiger partial charge in [-0.3, -0.25) is 4.79 Å². The molecule has 110 valence electrons. The van der Waals surface area contributed by atoms with Crippen LogP contribution in [0.3, 0.4) is 0 Å². The van der Waals surface area contributed by atoms with Crippen LogP contribution >= 0.6 is 15.9 Å². The topological polar surface area (TPSA) is 38.3 Å². The summed E-state index contributed by atoms with van der Waals surface area (Å²) in [4.78, 5) is 12.4. The summed E-state index contributed by atoms with van der Waals surface area (Å²) in [6.45, 7) is 4.75. The van der Waals surface area contributed by atoms with Crippen LogP contribution < -0.4 is 10.1 Å². The van der Waals surface area contributed by atoms with Gasteiger partial charge in [0.2, 0.25) is 5.91 Å². The summed E-state index contributed by atoms with van der Waals surface area (Å²) >= 11 is 3.45. The normalized spacial score (nSPS) is 19.1. The third kappa shape index (κ3) is 3.75. The van der Waals surface area contributed by atoms with Gasteiger partial charge in [0.25, 0.3) is 0 Å². The molecule has 1 heterocycles. The molecule has 1 aliphatic heterocycles. The number of para-hydroxylation sites is 1. The lowest BCUT2D eigenvalue weighted by atomic mass is 9.94. The minimum Gasteiger partial charge on any atom is -0.492 e. The molecule has 0 bridgehead atoms. The van der Waals surface area contributed by atoms with E-state index in [0.717, 1.165) is 29.5 Å². The molecule has 20 heavy (non-hydrogen) atoms. The van der Waals surface area contributed by atoms with Gasteiger partial charge in [-0.05, 0) is 30.4 Å². The van der Waals surface area contributed by atoms with E-state index in [1.165, 1.54) is 0 Å². The molecule has 3 nitrogen and oxygen atoms in total. The van der Waals surface area contributed by atoms with Crippen LogP contribution in [0.1, 0.15) is 25.8 Å². The van der Waals surface area contributed by atoms with Gasteiger partial charge in [0.05, 0.1) is 5.92 Å². The number of ether oxygens (including phenoxy) is 1. The number of carbonyl (C=O) groups excluding carboxylic acids is 1. The number of fused-ring (bicyclic) bond motifs is 1. The molecule has 0 spiro atoms. The van der Waals surface area contributed by atoms with Crippen molar-refractivity contribution in [3.8, 4) is 5.75 Å². The molecule has 0 aliphatic carbocycles. The summed E-state index contributed by atoms with van der Waals surface area (Å²) in [5.41, 5.74) is 1.13. The Kier molecular flexibility index (Phi) is 5.46. The maximum atomic E-state index is 12.4. The Morgan fingerprint density at radius 1 is 1.45 bits per heavy atom. The summed E-state index contributed by atoms with van der Waals surface area (Å²) in [5.74, 6) is 1.38. The van der Waals surface area contributed by atoms with Gasteiger partial charge in [-0.2, -0.15) is 0 Å². The van der Waals surface area contributed by atoms with Gasteiger partial charge < -0.3 is 10.1 Å². The average molecular weight is 340 g/mol. The maximum absolute atomic E-state index is 12.4. The molecule has 0 fully saturated rings. The number of rotatable bonds is 5. The number of hydrogen-bond donors (Lipinski definition) is 1. The van der Waals surface area contributed by atoms with Crippen molar-refractivity contribution in [2.45, 2.75) is 32.7 Å². The molecule has 1 amide bonds. The van der Waals surface area contributed by atoms with Gasteiger partial charge in [-0.1, -0.05) is 48.0 Å². The average Bonchev–Trinajstić information content (AvgIpc) is 2.46. The Balaban J connectivity index is 1.97. The highest BCUT2D eigenvalue weighted by Crippen LogP contribution is 2.27. The molecule has 1 N–H and O–H groups in total. The largest absolute Gasteiger partial charge is 0.492 e. The first kappa shape index (κ1) is 15.4. The Morgan fingerprint density at radius 2 is 2.20 bits per heavy atom. The highest BCUT2D eigenvalue weighted by molar-refractivity contribution is 9.09. The second kappa shape index (κ2) is 7.11. The molecule has 0 saturated heterocycles. The monoisotopic (exact) mass is 339 g/mol. The smallest absolute Gasteiger partial charge is 0.227 e. The van der Waals surface area contributed by atoms with Crippen molar-refractivity contribution in [1.29, 1.82) is 0 Å². The quantitative estimate of drug-likeness (QED) is 0.836. The minimum atomic E-state index is -0.0820. The first-order chi connectivity index (χ1) is 9.61. The van der Waals surface area contributed by atoms with Gasteiger partial charge in [-0.25, -0.2) is 0 Å². The van der Waals surface area contributed by atoms with Crippen LogP contribution in [0.2, 0.25) is 0 Å². The van der Waals surface area contributed by atoms with Crippen molar-refractivity contribution in [2.24, 2.45) is 11.8 Å². The van der Waals surface area contributed by atoms with E-state index in [1.54, 1.807) is 0 Å². The van der Waals surface area contributed by atoms with Gasteiger partial charge >= 0.3 is 0 Å². The zero-order chi connectivity index (χ0) is 14.5. The van der Waals surface area contributed by atoms with E-state index in [-0.39, 0.29) is 17.9 Å². The number of benzene rings is 1. The van der Waals surface area contributed by atoms with Gasteiger partial charge in [0, 0.05) is 11.4 Å². The summed E-state index contributed by atoms with van der Waals surface area (Å²) in [6.07, 6.45) is 1.72. The van der Waals surface area contributed by atoms with Crippen LogP contribution in [0, 0.1) is 11.8 Å². The summed E-state index contributed by atoms with van der Waals surface area (Å²) < 4.78 is 5.69. The molecule has 1 aromatic carbocycles. The number of carbonyl (C=O) groups is 1. The number of halogens is 1. The lowest BCUT2D eigenvalue weighted by Gasteiger charge is -2.28. The van der Waals surface area contributed by atoms with Crippen molar-refractivity contribution < 1.29 is 9.53 Å². The van der Waals surface area contributed by atoms with Gasteiger partial charge in [0.1, 0.15) is 12.4 Å². The highest BCUT2D eigenvalue weighted by atomic mass is 79.9. The van der Waals surface area contributed by atoms with Gasteiger partial charge in [-0.15, -0.1) is 0 Å². The maximum Gasteiger partial charge on any atom is 0.227 e. The molecular formula is C16H22BrNO2. The van der Waals surface area contributed by atoms with Crippen molar-refractivity contribution in [1.82, 2.24) is 5.32 Å². The number of alkyl halides is 1. The standard InChI is InChI=1S/C16H22BrNO2/c1-11(2)14(7-8-17)18-16(19)13-9-12-5-3-4-6-15(12)20-10-13/h3-6,11,13-14H,7-10H2,1-2H3,(H,18,19). The molecule has 2 rings (SSSR count). The minimum absolute atomic E-state index is 0.0820. The molecule has 0 saturated carbocycles. The van der Waals surface area contributed by atoms with E-state index in [1.807, 2.05) is 24.3 Å². The molecule has 4 heteroatoms. The Bertz CT molecular complexity index is 462. The van der Waals surface area contributed by atoms with Crippen molar-refractivity contribution >= 4 is 21.8 Å². The molecule has 2 atom stereocenters. The SMILES string of the molecule is CC(C)C(CCBr)NC(=O)C1COc2ccccc2C1. The fourth-order valence-corrected chi connectivity index (χ4v) is 2.98. The Labute approximate surface area is 129 Å². The molecular weight excluding hydrogens is 318 g/mol. The van der Waals surface area contributed by atoms with Gasteiger partial charge in [0.15, 0.2) is 0 Å². The summed E-state index contributed by atoms with van der Waals surface area (Å²) in [5, 5.41) is 4.07. The Hall–Kier alpha value is -1.03. The predicted octanol–water partition coefficient (Wildman–Crippen LogP) is 3.16. The summed E-state index contributed by atoms with van der Waals surface area (Å²) in [6, 6.07) is 8.17. The predicted molar refractivity (Wildman–Crippen MR) is 84.3 cm³/mol. The van der Waals surface area contributed by atoms with E-state index >= 15 is 0 Å². The second-order valence-electron chi connectivity index (χ2n) is 5.66. The van der Waals surface area contributed by atoms with Crippen LogP contribution in [0.4, 0.5) is 0 Å². The Morgan fingerprint density at radius 3 is 2.90 bits per heavy atom. The number of hydrogen-bond acceptors (Lipinski definition) is 2. The van der Waals surface area contributed by atoms with Crippen LogP contribution in [-0.2, 0) is 11.2 Å². The molecule has 0 aromatic heterocycles. The lowest BCUT2D eigenvalue weighted by Crippen LogP contribution is -2.45. The van der Waals surface area contributed by atoms with Crippen molar-refractivity contribution in [2.75, 3.05) is 11.9 Å². The third-order valence-electron chi connectivity index (χ3n) is 3.80. The van der Waals surface area contributed by atoms with Crippen LogP contribution in [0.25, 0.3) is 0 Å².